The van der Waals surface area contributed by atoms with E-state index in [9.17, 15) is 0 Å². The molecule has 2 unspecified atom stereocenters. The Morgan fingerprint density at radius 3 is 2.65 bits per heavy atom. The molecule has 1 aromatic carbocycles. The van der Waals surface area contributed by atoms with Crippen LogP contribution in [0.5, 0.6) is 0 Å². The molecule has 7 nitrogen and oxygen atoms in total. The van der Waals surface area contributed by atoms with Crippen molar-refractivity contribution in [3.63, 3.8) is 0 Å². The van der Waals surface area contributed by atoms with E-state index in [1.807, 2.05) is 24.5 Å². The summed E-state index contributed by atoms with van der Waals surface area (Å²) in [5.41, 5.74) is 5.26. The number of nitrogens with one attached hydrogen (secondary N) is 1. The lowest BCUT2D eigenvalue weighted by Gasteiger charge is -2.28. The largest absolute Gasteiger partial charge is 0.497 e. The van der Waals surface area contributed by atoms with Crippen LogP contribution >= 0.6 is 0 Å². The highest BCUT2D eigenvalue weighted by Crippen LogP contribution is 2.43. The second kappa shape index (κ2) is 8.25. The summed E-state index contributed by atoms with van der Waals surface area (Å²) in [7, 11) is 1.72. The van der Waals surface area contributed by atoms with Crippen LogP contribution in [-0.4, -0.2) is 35.2 Å². The van der Waals surface area contributed by atoms with Crippen LogP contribution in [0, 0.1) is 11.3 Å². The summed E-state index contributed by atoms with van der Waals surface area (Å²) >= 11 is 0. The standard InChI is InChI=1S/C27H27N5O2/c1-27-13-22(33-2)8-5-20(27)14-32(17-27)26-30-24-16-34-15-23(24)25(31-26)29-21-6-3-18(4-7-21)19-9-11-28-12-10-19/h3-13,20H,14-17H2,1-2H3,(H,29,30,31). The maximum atomic E-state index is 5.73. The first kappa shape index (κ1) is 20.9. The van der Waals surface area contributed by atoms with Gasteiger partial charge in [0.2, 0.25) is 5.95 Å². The fraction of sp³-hybridized carbons (Fsp3) is 0.296. The second-order valence-electron chi connectivity index (χ2n) is 9.33. The Hall–Kier alpha value is -3.71. The minimum atomic E-state index is -0.00461. The lowest BCUT2D eigenvalue weighted by atomic mass is 9.77. The summed E-state index contributed by atoms with van der Waals surface area (Å²) in [5, 5.41) is 3.52. The number of methoxy groups -OCH3 is 1. The fourth-order valence-corrected chi connectivity index (χ4v) is 5.05. The third-order valence-corrected chi connectivity index (χ3v) is 7.01. The molecule has 34 heavy (non-hydrogen) atoms. The molecule has 0 amide bonds. The predicted molar refractivity (Wildman–Crippen MR) is 132 cm³/mol. The number of hydrogen-bond acceptors (Lipinski definition) is 7. The number of benzene rings is 1. The molecule has 172 valence electrons. The number of nitrogens with zero attached hydrogens (tertiary/aromatic N) is 4. The molecule has 4 heterocycles. The van der Waals surface area contributed by atoms with E-state index >= 15 is 0 Å². The molecule has 2 aromatic heterocycles. The van der Waals surface area contributed by atoms with Crippen LogP contribution in [0.4, 0.5) is 17.5 Å². The van der Waals surface area contributed by atoms with Crippen molar-refractivity contribution in [2.24, 2.45) is 11.3 Å². The van der Waals surface area contributed by atoms with E-state index in [-0.39, 0.29) is 5.41 Å². The SMILES string of the molecule is COC1=CC2(C)CN(c3nc4c(c(Nc5ccc(-c6ccncc6)cc5)n3)COC4)CC2C=C1. The maximum Gasteiger partial charge on any atom is 0.227 e. The van der Waals surface area contributed by atoms with Gasteiger partial charge in [-0.2, -0.15) is 4.98 Å². The van der Waals surface area contributed by atoms with Crippen molar-refractivity contribution < 1.29 is 9.47 Å². The van der Waals surface area contributed by atoms with Crippen LogP contribution in [0.2, 0.25) is 0 Å². The number of fused-ring (bicyclic) bond motifs is 2. The van der Waals surface area contributed by atoms with Crippen molar-refractivity contribution in [3.05, 3.63) is 84.0 Å². The smallest absolute Gasteiger partial charge is 0.227 e. The van der Waals surface area contributed by atoms with Gasteiger partial charge in [-0.3, -0.25) is 4.98 Å². The van der Waals surface area contributed by atoms with E-state index in [0.29, 0.717) is 19.1 Å². The van der Waals surface area contributed by atoms with E-state index in [0.717, 1.165) is 58.7 Å². The van der Waals surface area contributed by atoms with Gasteiger partial charge >= 0.3 is 0 Å². The summed E-state index contributed by atoms with van der Waals surface area (Å²) in [4.78, 5) is 16.2. The number of anilines is 3. The predicted octanol–water partition coefficient (Wildman–Crippen LogP) is 4.86. The molecule has 1 saturated heterocycles. The zero-order chi connectivity index (χ0) is 23.1. The zero-order valence-electron chi connectivity index (χ0n) is 19.4. The molecule has 1 aliphatic carbocycles. The van der Waals surface area contributed by atoms with Gasteiger partial charge in [0.05, 0.1) is 26.0 Å². The fourth-order valence-electron chi connectivity index (χ4n) is 5.05. The molecule has 0 bridgehead atoms. The molecular formula is C27H27N5O2. The molecule has 6 rings (SSSR count). The van der Waals surface area contributed by atoms with Gasteiger partial charge in [-0.25, -0.2) is 4.98 Å². The van der Waals surface area contributed by atoms with Crippen molar-refractivity contribution in [1.29, 1.82) is 0 Å². The van der Waals surface area contributed by atoms with E-state index in [2.05, 4.69) is 64.6 Å². The van der Waals surface area contributed by atoms with Gasteiger partial charge in [0, 0.05) is 48.1 Å². The number of rotatable bonds is 5. The third-order valence-electron chi connectivity index (χ3n) is 7.01. The lowest BCUT2D eigenvalue weighted by molar-refractivity contribution is 0.133. The molecule has 0 saturated carbocycles. The first-order valence-electron chi connectivity index (χ1n) is 11.6. The van der Waals surface area contributed by atoms with Crippen molar-refractivity contribution in [2.75, 3.05) is 30.4 Å². The van der Waals surface area contributed by atoms with Crippen molar-refractivity contribution in [3.8, 4) is 11.1 Å². The van der Waals surface area contributed by atoms with Crippen LogP contribution in [0.1, 0.15) is 18.2 Å². The minimum Gasteiger partial charge on any atom is -0.497 e. The first-order chi connectivity index (χ1) is 16.6. The Kier molecular flexibility index (Phi) is 5.07. The first-order valence-corrected chi connectivity index (χ1v) is 11.6. The molecule has 1 N–H and O–H groups in total. The van der Waals surface area contributed by atoms with Crippen LogP contribution < -0.4 is 10.2 Å². The number of hydrogen-bond donors (Lipinski definition) is 1. The van der Waals surface area contributed by atoms with Crippen LogP contribution in [0.3, 0.4) is 0 Å². The Bertz CT molecular complexity index is 1270. The van der Waals surface area contributed by atoms with Crippen LogP contribution in [-0.2, 0) is 22.7 Å². The normalized spacial score (nSPS) is 22.8. The molecule has 2 atom stereocenters. The molecular weight excluding hydrogens is 426 g/mol. The van der Waals surface area contributed by atoms with Crippen molar-refractivity contribution in [2.45, 2.75) is 20.1 Å². The minimum absolute atomic E-state index is 0.00461. The average Bonchev–Trinajstić information content (AvgIpc) is 3.48. The average molecular weight is 454 g/mol. The molecule has 3 aromatic rings. The van der Waals surface area contributed by atoms with Crippen LogP contribution in [0.25, 0.3) is 11.1 Å². The van der Waals surface area contributed by atoms with Gasteiger partial charge in [0.1, 0.15) is 11.6 Å². The van der Waals surface area contributed by atoms with Gasteiger partial charge in [-0.1, -0.05) is 25.1 Å². The molecule has 0 spiro atoms. The topological polar surface area (TPSA) is 72.4 Å². The van der Waals surface area contributed by atoms with Gasteiger partial charge < -0.3 is 19.7 Å². The Balaban J connectivity index is 1.28. The van der Waals surface area contributed by atoms with Gasteiger partial charge in [0.25, 0.3) is 0 Å². The highest BCUT2D eigenvalue weighted by atomic mass is 16.5. The summed E-state index contributed by atoms with van der Waals surface area (Å²) in [6, 6.07) is 12.4. The Labute approximate surface area is 199 Å². The van der Waals surface area contributed by atoms with E-state index < -0.39 is 0 Å². The van der Waals surface area contributed by atoms with E-state index in [1.54, 1.807) is 7.11 Å². The molecule has 1 fully saturated rings. The number of ether oxygens (including phenoxy) is 2. The Morgan fingerprint density at radius 2 is 1.85 bits per heavy atom. The summed E-state index contributed by atoms with van der Waals surface area (Å²) in [6.45, 7) is 5.04. The van der Waals surface area contributed by atoms with E-state index in [1.165, 1.54) is 0 Å². The van der Waals surface area contributed by atoms with Crippen LogP contribution in [0.15, 0.2) is 72.8 Å². The molecule has 3 aliphatic rings. The van der Waals surface area contributed by atoms with Gasteiger partial charge in [0.15, 0.2) is 0 Å². The third kappa shape index (κ3) is 3.72. The lowest BCUT2D eigenvalue weighted by Crippen LogP contribution is -2.27. The second-order valence-corrected chi connectivity index (χ2v) is 9.33. The number of allylic oxidation sites excluding steroid dienone is 1. The molecule has 2 aliphatic heterocycles. The summed E-state index contributed by atoms with van der Waals surface area (Å²) in [5.74, 6) is 2.88. The van der Waals surface area contributed by atoms with Crippen molar-refractivity contribution >= 4 is 17.5 Å². The molecule has 0 radical (unpaired) electrons. The monoisotopic (exact) mass is 453 g/mol. The van der Waals surface area contributed by atoms with Crippen molar-refractivity contribution in [1.82, 2.24) is 15.0 Å². The zero-order valence-corrected chi connectivity index (χ0v) is 19.4. The highest BCUT2D eigenvalue weighted by Gasteiger charge is 2.43. The van der Waals surface area contributed by atoms with Gasteiger partial charge in [-0.15, -0.1) is 0 Å². The summed E-state index contributed by atoms with van der Waals surface area (Å²) in [6.07, 6.45) is 10.2. The summed E-state index contributed by atoms with van der Waals surface area (Å²) < 4.78 is 11.2. The maximum absolute atomic E-state index is 5.73. The Morgan fingerprint density at radius 1 is 1.06 bits per heavy atom. The number of aromatic nitrogens is 3. The van der Waals surface area contributed by atoms with E-state index in [4.69, 9.17) is 19.4 Å². The molecule has 7 heteroatoms. The van der Waals surface area contributed by atoms with Gasteiger partial charge in [-0.05, 0) is 47.5 Å². The quantitative estimate of drug-likeness (QED) is 0.592. The number of pyridine rings is 1. The highest BCUT2D eigenvalue weighted by molar-refractivity contribution is 5.68.